The minimum atomic E-state index is -0.343. The molecule has 8 nitrogen and oxygen atoms in total. The molecule has 0 aliphatic carbocycles. The molecule has 0 saturated carbocycles. The van der Waals surface area contributed by atoms with Gasteiger partial charge in [-0.2, -0.15) is 10.1 Å². The lowest BCUT2D eigenvalue weighted by Gasteiger charge is -2.08. The van der Waals surface area contributed by atoms with Crippen molar-refractivity contribution in [3.8, 4) is 34.5 Å². The summed E-state index contributed by atoms with van der Waals surface area (Å²) in [5.41, 5.74) is 4.34. The van der Waals surface area contributed by atoms with Gasteiger partial charge in [0.15, 0.2) is 17.1 Å². The van der Waals surface area contributed by atoms with Crippen molar-refractivity contribution >= 4 is 11.0 Å². The van der Waals surface area contributed by atoms with Gasteiger partial charge in [0.05, 0.1) is 25.6 Å². The van der Waals surface area contributed by atoms with Crippen LogP contribution in [0.25, 0.3) is 28.2 Å². The Labute approximate surface area is 207 Å². The molecule has 0 N–H and O–H groups in total. The molecule has 5 rings (SSSR count). The lowest BCUT2D eigenvalue weighted by Crippen LogP contribution is -2.02. The van der Waals surface area contributed by atoms with Gasteiger partial charge in [0, 0.05) is 17.0 Å². The Morgan fingerprint density at radius 1 is 0.944 bits per heavy atom. The molecule has 9 heteroatoms. The number of pyridine rings is 1. The second-order valence-electron chi connectivity index (χ2n) is 8.33. The molecular weight excluding hydrogens is 463 g/mol. The van der Waals surface area contributed by atoms with Gasteiger partial charge < -0.3 is 18.6 Å². The van der Waals surface area contributed by atoms with Gasteiger partial charge in [0.25, 0.3) is 0 Å². The number of hydrogen-bond donors (Lipinski definition) is 0. The largest absolute Gasteiger partial charge is 0.493 e. The topological polar surface area (TPSA) is 84.4 Å². The molecule has 3 aromatic heterocycles. The lowest BCUT2D eigenvalue weighted by molar-refractivity contribution is 0.288. The fourth-order valence-corrected chi connectivity index (χ4v) is 4.13. The number of aryl methyl sites for hydroxylation is 3. The van der Waals surface area contributed by atoms with Crippen LogP contribution < -0.4 is 14.2 Å². The van der Waals surface area contributed by atoms with E-state index in [-0.39, 0.29) is 12.4 Å². The van der Waals surface area contributed by atoms with Gasteiger partial charge in [0.1, 0.15) is 23.9 Å². The Morgan fingerprint density at radius 3 is 2.50 bits per heavy atom. The SMILES string of the molecule is COc1ccc(-c2nc(COc3cc(C)c4c(C)nn(-c5cccc(F)c5)c4n3)c(C)o2)cc1OC. The molecule has 0 saturated heterocycles. The molecule has 0 amide bonds. The van der Waals surface area contributed by atoms with Crippen LogP contribution in [0.2, 0.25) is 0 Å². The van der Waals surface area contributed by atoms with Crippen LogP contribution in [0.1, 0.15) is 22.7 Å². The van der Waals surface area contributed by atoms with E-state index in [9.17, 15) is 4.39 Å². The zero-order valence-corrected chi connectivity index (χ0v) is 20.6. The maximum absolute atomic E-state index is 13.9. The number of ether oxygens (including phenoxy) is 3. The summed E-state index contributed by atoms with van der Waals surface area (Å²) in [4.78, 5) is 9.30. The second-order valence-corrected chi connectivity index (χ2v) is 8.33. The monoisotopic (exact) mass is 488 g/mol. The van der Waals surface area contributed by atoms with E-state index in [1.54, 1.807) is 37.1 Å². The summed E-state index contributed by atoms with van der Waals surface area (Å²) in [6.07, 6.45) is 0. The molecule has 0 fully saturated rings. The minimum absolute atomic E-state index is 0.160. The van der Waals surface area contributed by atoms with E-state index >= 15 is 0 Å². The van der Waals surface area contributed by atoms with Crippen molar-refractivity contribution in [2.45, 2.75) is 27.4 Å². The predicted molar refractivity (Wildman–Crippen MR) is 132 cm³/mol. The number of halogens is 1. The highest BCUT2D eigenvalue weighted by molar-refractivity contribution is 5.84. The molecule has 0 atom stereocenters. The summed E-state index contributed by atoms with van der Waals surface area (Å²) < 4.78 is 38.1. The molecule has 0 bridgehead atoms. The maximum Gasteiger partial charge on any atom is 0.226 e. The summed E-state index contributed by atoms with van der Waals surface area (Å²) >= 11 is 0. The predicted octanol–water partition coefficient (Wildman–Crippen LogP) is 5.74. The summed E-state index contributed by atoms with van der Waals surface area (Å²) in [7, 11) is 3.16. The van der Waals surface area contributed by atoms with E-state index in [0.717, 1.165) is 22.2 Å². The third-order valence-electron chi connectivity index (χ3n) is 5.92. The van der Waals surface area contributed by atoms with Gasteiger partial charge in [0.2, 0.25) is 11.8 Å². The Balaban J connectivity index is 1.43. The van der Waals surface area contributed by atoms with Crippen LogP contribution in [0.4, 0.5) is 4.39 Å². The van der Waals surface area contributed by atoms with Gasteiger partial charge in [-0.15, -0.1) is 0 Å². The normalized spacial score (nSPS) is 11.2. The number of benzene rings is 2. The Hall–Kier alpha value is -4.40. The van der Waals surface area contributed by atoms with Gasteiger partial charge in [-0.25, -0.2) is 14.1 Å². The smallest absolute Gasteiger partial charge is 0.226 e. The van der Waals surface area contributed by atoms with E-state index in [1.807, 2.05) is 39.0 Å². The minimum Gasteiger partial charge on any atom is -0.493 e. The molecular formula is C27H25FN4O4. The lowest BCUT2D eigenvalue weighted by atomic mass is 10.2. The number of rotatable bonds is 7. The molecule has 36 heavy (non-hydrogen) atoms. The highest BCUT2D eigenvalue weighted by Gasteiger charge is 2.18. The van der Waals surface area contributed by atoms with E-state index in [1.165, 1.54) is 12.1 Å². The molecule has 0 aliphatic heterocycles. The molecule has 2 aromatic carbocycles. The number of oxazole rings is 1. The van der Waals surface area contributed by atoms with E-state index in [2.05, 4.69) is 15.1 Å². The Kier molecular flexibility index (Phi) is 6.05. The van der Waals surface area contributed by atoms with Crippen LogP contribution in [0.15, 0.2) is 52.9 Å². The first kappa shape index (κ1) is 23.3. The third kappa shape index (κ3) is 4.24. The molecule has 5 aromatic rings. The third-order valence-corrected chi connectivity index (χ3v) is 5.92. The average molecular weight is 489 g/mol. The molecule has 0 spiro atoms. The van der Waals surface area contributed by atoms with Crippen LogP contribution >= 0.6 is 0 Å². The highest BCUT2D eigenvalue weighted by atomic mass is 19.1. The van der Waals surface area contributed by atoms with Gasteiger partial charge >= 0.3 is 0 Å². The number of hydrogen-bond acceptors (Lipinski definition) is 7. The second kappa shape index (κ2) is 9.33. The molecule has 3 heterocycles. The van der Waals surface area contributed by atoms with Gasteiger partial charge in [-0.1, -0.05) is 6.07 Å². The number of aromatic nitrogens is 4. The van der Waals surface area contributed by atoms with Crippen molar-refractivity contribution in [3.05, 3.63) is 77.1 Å². The first-order valence-corrected chi connectivity index (χ1v) is 11.3. The summed E-state index contributed by atoms with van der Waals surface area (Å²) in [6, 6.07) is 13.6. The quantitative estimate of drug-likeness (QED) is 0.289. The van der Waals surface area contributed by atoms with Crippen LogP contribution in [0, 0.1) is 26.6 Å². The first-order chi connectivity index (χ1) is 17.4. The molecule has 0 radical (unpaired) electrons. The van der Waals surface area contributed by atoms with E-state index in [0.29, 0.717) is 46.1 Å². The van der Waals surface area contributed by atoms with Crippen molar-refractivity contribution in [3.63, 3.8) is 0 Å². The number of nitrogens with zero attached hydrogens (tertiary/aromatic N) is 4. The Bertz CT molecular complexity index is 1570. The fraction of sp³-hybridized carbons (Fsp3) is 0.222. The van der Waals surface area contributed by atoms with Crippen molar-refractivity contribution in [2.24, 2.45) is 0 Å². The van der Waals surface area contributed by atoms with Crippen LogP contribution in [0.3, 0.4) is 0 Å². The molecule has 0 unspecified atom stereocenters. The zero-order valence-electron chi connectivity index (χ0n) is 20.6. The van der Waals surface area contributed by atoms with Crippen molar-refractivity contribution < 1.29 is 23.0 Å². The summed E-state index contributed by atoms with van der Waals surface area (Å²) in [5.74, 6) is 2.36. The first-order valence-electron chi connectivity index (χ1n) is 11.3. The van der Waals surface area contributed by atoms with Crippen molar-refractivity contribution in [1.82, 2.24) is 19.7 Å². The fourth-order valence-electron chi connectivity index (χ4n) is 4.13. The van der Waals surface area contributed by atoms with Gasteiger partial charge in [-0.3, -0.25) is 0 Å². The van der Waals surface area contributed by atoms with Crippen LogP contribution in [0.5, 0.6) is 17.4 Å². The van der Waals surface area contributed by atoms with E-state index < -0.39 is 0 Å². The van der Waals surface area contributed by atoms with Crippen molar-refractivity contribution in [2.75, 3.05) is 14.2 Å². The Morgan fingerprint density at radius 2 is 1.75 bits per heavy atom. The molecule has 184 valence electrons. The van der Waals surface area contributed by atoms with Crippen LogP contribution in [-0.2, 0) is 6.61 Å². The summed E-state index contributed by atoms with van der Waals surface area (Å²) in [6.45, 7) is 5.87. The highest BCUT2D eigenvalue weighted by Crippen LogP contribution is 2.33. The average Bonchev–Trinajstić information content (AvgIpc) is 3.41. The van der Waals surface area contributed by atoms with Crippen LogP contribution in [-0.4, -0.2) is 34.0 Å². The standard InChI is InChI=1S/C27H25FN4O4/c1-15-11-24(30-26-25(15)16(2)31-32(26)20-8-6-7-19(28)13-20)35-14-21-17(3)36-27(29-21)18-9-10-22(33-4)23(12-18)34-5/h6-13H,14H2,1-5H3. The number of methoxy groups -OCH3 is 2. The molecule has 0 aliphatic rings. The maximum atomic E-state index is 13.9. The van der Waals surface area contributed by atoms with E-state index in [4.69, 9.17) is 18.6 Å². The summed E-state index contributed by atoms with van der Waals surface area (Å²) in [5, 5.41) is 5.49. The van der Waals surface area contributed by atoms with Crippen molar-refractivity contribution in [1.29, 1.82) is 0 Å². The zero-order chi connectivity index (χ0) is 25.4. The number of fused-ring (bicyclic) bond motifs is 1. The van der Waals surface area contributed by atoms with Gasteiger partial charge in [-0.05, 0) is 62.7 Å².